The van der Waals surface area contributed by atoms with E-state index in [0.717, 1.165) is 12.8 Å². The van der Waals surface area contributed by atoms with E-state index in [4.69, 9.17) is 5.73 Å². The van der Waals surface area contributed by atoms with Crippen molar-refractivity contribution in [3.8, 4) is 0 Å². The fourth-order valence-corrected chi connectivity index (χ4v) is 2.97. The summed E-state index contributed by atoms with van der Waals surface area (Å²) >= 11 is 0. The lowest BCUT2D eigenvalue weighted by atomic mass is 10.0. The molecule has 0 spiro atoms. The SMILES string of the molecule is CC(C)C(N)CC(=O)NC1CCS(=O)CC1. The number of nitrogens with one attached hydrogen (secondary N) is 1. The molecule has 0 aliphatic carbocycles. The molecule has 0 aromatic carbocycles. The molecule has 0 bridgehead atoms. The Kier molecular flexibility index (Phi) is 5.41. The molecule has 1 aliphatic heterocycles. The van der Waals surface area contributed by atoms with Crippen molar-refractivity contribution in [2.75, 3.05) is 11.5 Å². The second-order valence-corrected chi connectivity index (χ2v) is 6.50. The first-order valence-electron chi connectivity index (χ1n) is 5.89. The molecule has 1 fully saturated rings. The third kappa shape index (κ3) is 4.61. The average molecular weight is 246 g/mol. The third-order valence-electron chi connectivity index (χ3n) is 3.03. The van der Waals surface area contributed by atoms with Crippen molar-refractivity contribution in [2.24, 2.45) is 11.7 Å². The van der Waals surface area contributed by atoms with Gasteiger partial charge in [-0.2, -0.15) is 0 Å². The Morgan fingerprint density at radius 3 is 2.50 bits per heavy atom. The van der Waals surface area contributed by atoms with Crippen LogP contribution in [0.2, 0.25) is 0 Å². The number of carbonyl (C=O) groups is 1. The smallest absolute Gasteiger partial charge is 0.221 e. The fourth-order valence-electron chi connectivity index (χ4n) is 1.67. The average Bonchev–Trinajstić information content (AvgIpc) is 2.21. The molecule has 1 heterocycles. The quantitative estimate of drug-likeness (QED) is 0.753. The second kappa shape index (κ2) is 6.35. The number of amides is 1. The summed E-state index contributed by atoms with van der Waals surface area (Å²) in [5, 5.41) is 2.97. The van der Waals surface area contributed by atoms with Gasteiger partial charge < -0.3 is 11.1 Å². The van der Waals surface area contributed by atoms with E-state index in [0.29, 0.717) is 23.8 Å². The summed E-state index contributed by atoms with van der Waals surface area (Å²) < 4.78 is 11.1. The number of hydrogen-bond donors (Lipinski definition) is 2. The van der Waals surface area contributed by atoms with Crippen LogP contribution in [0.4, 0.5) is 0 Å². The van der Waals surface area contributed by atoms with E-state index >= 15 is 0 Å². The van der Waals surface area contributed by atoms with Crippen LogP contribution in [-0.2, 0) is 15.6 Å². The van der Waals surface area contributed by atoms with Crippen LogP contribution in [0.15, 0.2) is 0 Å². The largest absolute Gasteiger partial charge is 0.353 e. The van der Waals surface area contributed by atoms with Gasteiger partial charge in [0.25, 0.3) is 0 Å². The molecule has 0 aromatic heterocycles. The van der Waals surface area contributed by atoms with E-state index < -0.39 is 10.8 Å². The molecule has 5 heteroatoms. The molecule has 0 radical (unpaired) electrons. The number of rotatable bonds is 4. The zero-order valence-corrected chi connectivity index (χ0v) is 10.9. The van der Waals surface area contributed by atoms with Gasteiger partial charge in [0, 0.05) is 40.8 Å². The van der Waals surface area contributed by atoms with Crippen molar-refractivity contribution in [3.63, 3.8) is 0 Å². The summed E-state index contributed by atoms with van der Waals surface area (Å²) in [6, 6.07) is 0.127. The maximum atomic E-state index is 11.6. The minimum Gasteiger partial charge on any atom is -0.353 e. The Balaban J connectivity index is 2.26. The summed E-state index contributed by atoms with van der Waals surface area (Å²) in [5.74, 6) is 1.77. The van der Waals surface area contributed by atoms with Crippen LogP contribution < -0.4 is 11.1 Å². The molecule has 1 rings (SSSR count). The molecular weight excluding hydrogens is 224 g/mol. The zero-order chi connectivity index (χ0) is 12.1. The molecule has 3 N–H and O–H groups in total. The van der Waals surface area contributed by atoms with Gasteiger partial charge in [0.05, 0.1) is 0 Å². The summed E-state index contributed by atoms with van der Waals surface area (Å²) in [6.45, 7) is 4.03. The van der Waals surface area contributed by atoms with Crippen LogP contribution in [-0.4, -0.2) is 33.7 Å². The number of hydrogen-bond acceptors (Lipinski definition) is 3. The lowest BCUT2D eigenvalue weighted by Crippen LogP contribution is -2.42. The summed E-state index contributed by atoms with van der Waals surface area (Å²) in [4.78, 5) is 11.6. The van der Waals surface area contributed by atoms with E-state index in [1.807, 2.05) is 13.8 Å². The van der Waals surface area contributed by atoms with Gasteiger partial charge in [-0.15, -0.1) is 0 Å². The van der Waals surface area contributed by atoms with Gasteiger partial charge in [-0.25, -0.2) is 0 Å². The summed E-state index contributed by atoms with van der Waals surface area (Å²) in [6.07, 6.45) is 2.04. The van der Waals surface area contributed by atoms with E-state index in [-0.39, 0.29) is 18.0 Å². The van der Waals surface area contributed by atoms with Crippen LogP contribution in [0.25, 0.3) is 0 Å². The first-order chi connectivity index (χ1) is 7.49. The Morgan fingerprint density at radius 1 is 1.44 bits per heavy atom. The molecule has 1 aliphatic rings. The third-order valence-corrected chi connectivity index (χ3v) is 4.41. The lowest BCUT2D eigenvalue weighted by Gasteiger charge is -2.23. The van der Waals surface area contributed by atoms with Gasteiger partial charge in [0.2, 0.25) is 5.91 Å². The summed E-state index contributed by atoms with van der Waals surface area (Å²) in [5.41, 5.74) is 5.84. The molecule has 94 valence electrons. The molecular formula is C11H22N2O2S. The van der Waals surface area contributed by atoms with Gasteiger partial charge >= 0.3 is 0 Å². The minimum atomic E-state index is -0.670. The molecule has 1 amide bonds. The first-order valence-corrected chi connectivity index (χ1v) is 7.37. The maximum Gasteiger partial charge on any atom is 0.221 e. The highest BCUT2D eigenvalue weighted by atomic mass is 32.2. The highest BCUT2D eigenvalue weighted by Gasteiger charge is 2.20. The molecule has 1 saturated heterocycles. The van der Waals surface area contributed by atoms with Gasteiger partial charge in [-0.05, 0) is 18.8 Å². The summed E-state index contributed by atoms with van der Waals surface area (Å²) in [7, 11) is -0.670. The van der Waals surface area contributed by atoms with Crippen LogP contribution in [0.1, 0.15) is 33.1 Å². The lowest BCUT2D eigenvalue weighted by molar-refractivity contribution is -0.122. The molecule has 0 aromatic rings. The van der Waals surface area contributed by atoms with Crippen LogP contribution in [0.5, 0.6) is 0 Å². The molecule has 0 saturated carbocycles. The van der Waals surface area contributed by atoms with E-state index in [2.05, 4.69) is 5.32 Å². The van der Waals surface area contributed by atoms with Gasteiger partial charge in [0.15, 0.2) is 0 Å². The first kappa shape index (κ1) is 13.6. The van der Waals surface area contributed by atoms with Gasteiger partial charge in [-0.3, -0.25) is 9.00 Å². The molecule has 1 atom stereocenters. The molecule has 4 nitrogen and oxygen atoms in total. The van der Waals surface area contributed by atoms with Crippen molar-refractivity contribution in [1.82, 2.24) is 5.32 Å². The van der Waals surface area contributed by atoms with Crippen molar-refractivity contribution in [3.05, 3.63) is 0 Å². The highest BCUT2D eigenvalue weighted by Crippen LogP contribution is 2.10. The predicted molar refractivity (Wildman–Crippen MR) is 66.5 cm³/mol. The normalized spacial score (nSPS) is 27.8. The standard InChI is InChI=1S/C11H22N2O2S/c1-8(2)10(12)7-11(14)13-9-3-5-16(15)6-4-9/h8-10H,3-7,12H2,1-2H3,(H,13,14). The van der Waals surface area contributed by atoms with Crippen LogP contribution in [0, 0.1) is 5.92 Å². The van der Waals surface area contributed by atoms with Crippen molar-refractivity contribution in [1.29, 1.82) is 0 Å². The van der Waals surface area contributed by atoms with Crippen LogP contribution >= 0.6 is 0 Å². The number of carbonyl (C=O) groups excluding carboxylic acids is 1. The zero-order valence-electron chi connectivity index (χ0n) is 10.1. The van der Waals surface area contributed by atoms with Crippen molar-refractivity contribution in [2.45, 2.75) is 45.2 Å². The van der Waals surface area contributed by atoms with Crippen molar-refractivity contribution < 1.29 is 9.00 Å². The Labute approximate surface area is 99.8 Å². The second-order valence-electron chi connectivity index (χ2n) is 4.80. The van der Waals surface area contributed by atoms with Crippen LogP contribution in [0.3, 0.4) is 0 Å². The molecule has 1 unspecified atom stereocenters. The van der Waals surface area contributed by atoms with E-state index in [1.165, 1.54) is 0 Å². The maximum absolute atomic E-state index is 11.6. The Hall–Kier alpha value is -0.420. The predicted octanol–water partition coefficient (Wildman–Crippen LogP) is 0.387. The van der Waals surface area contributed by atoms with Crippen molar-refractivity contribution >= 4 is 16.7 Å². The fraction of sp³-hybridized carbons (Fsp3) is 0.909. The Bertz CT molecular complexity index is 259. The monoisotopic (exact) mass is 246 g/mol. The molecule has 16 heavy (non-hydrogen) atoms. The van der Waals surface area contributed by atoms with E-state index in [9.17, 15) is 9.00 Å². The minimum absolute atomic E-state index is 0.0267. The van der Waals surface area contributed by atoms with E-state index in [1.54, 1.807) is 0 Å². The van der Waals surface area contributed by atoms with Gasteiger partial charge in [0.1, 0.15) is 0 Å². The number of nitrogens with two attached hydrogens (primary N) is 1. The highest BCUT2D eigenvalue weighted by molar-refractivity contribution is 7.85. The Morgan fingerprint density at radius 2 is 2.00 bits per heavy atom. The topological polar surface area (TPSA) is 72.2 Å². The van der Waals surface area contributed by atoms with Gasteiger partial charge in [-0.1, -0.05) is 13.8 Å².